The number of fused-ring (bicyclic) bond motifs is 2. The molecule has 6 heteroatoms. The van der Waals surface area contributed by atoms with E-state index in [-0.39, 0.29) is 0 Å². The summed E-state index contributed by atoms with van der Waals surface area (Å²) in [6.07, 6.45) is 0. The number of hydrogen-bond acceptors (Lipinski definition) is 4. The SMILES string of the molecule is OB(O)c1ccccc1.Oc1cc(-c2ccccc2)c(-c2ccccc2)c2ccccc12.Oc1cc(-c2ccccc2)c(Br)c2ccccc12. The molecule has 4 N–H and O–H groups in total. The second kappa shape index (κ2) is 16.2. The second-order valence-corrected chi connectivity index (χ2v) is 12.3. The molecule has 50 heavy (non-hydrogen) atoms. The van der Waals surface area contributed by atoms with Crippen LogP contribution in [0.1, 0.15) is 0 Å². The molecule has 8 aromatic rings. The van der Waals surface area contributed by atoms with Gasteiger partial charge in [-0.1, -0.05) is 170 Å². The molecule has 8 aromatic carbocycles. The van der Waals surface area contributed by atoms with Gasteiger partial charge in [0.15, 0.2) is 0 Å². The molecule has 0 aliphatic rings. The summed E-state index contributed by atoms with van der Waals surface area (Å²) in [5.41, 5.74) is 7.09. The van der Waals surface area contributed by atoms with Crippen molar-refractivity contribution in [3.63, 3.8) is 0 Å². The van der Waals surface area contributed by atoms with Crippen molar-refractivity contribution in [2.45, 2.75) is 0 Å². The molecular formula is C44H34BBrO4. The predicted octanol–water partition coefficient (Wildman–Crippen LogP) is 10.2. The number of phenolic OH excluding ortho intramolecular Hbond substituents is 2. The molecule has 0 saturated heterocycles. The molecule has 0 radical (unpaired) electrons. The molecule has 4 nitrogen and oxygen atoms in total. The van der Waals surface area contributed by atoms with Gasteiger partial charge in [-0.05, 0) is 66.7 Å². The number of halogens is 1. The molecule has 0 heterocycles. The lowest BCUT2D eigenvalue weighted by Gasteiger charge is -2.15. The molecule has 0 aromatic heterocycles. The first-order chi connectivity index (χ1) is 24.4. The Labute approximate surface area is 300 Å². The Morgan fingerprint density at radius 1 is 0.380 bits per heavy atom. The molecule has 0 fully saturated rings. The lowest BCUT2D eigenvalue weighted by molar-refractivity contribution is 0.426. The first-order valence-corrected chi connectivity index (χ1v) is 16.9. The lowest BCUT2D eigenvalue weighted by atomic mass is 9.81. The quantitative estimate of drug-likeness (QED) is 0.137. The molecule has 0 aliphatic carbocycles. The van der Waals surface area contributed by atoms with Crippen LogP contribution in [0.2, 0.25) is 0 Å². The Morgan fingerprint density at radius 3 is 1.22 bits per heavy atom. The van der Waals surface area contributed by atoms with Gasteiger partial charge in [0, 0.05) is 26.2 Å². The maximum atomic E-state index is 10.5. The Morgan fingerprint density at radius 2 is 0.740 bits per heavy atom. The van der Waals surface area contributed by atoms with Crippen molar-refractivity contribution < 1.29 is 20.3 Å². The maximum Gasteiger partial charge on any atom is 0.488 e. The fourth-order valence-corrected chi connectivity index (χ4v) is 6.58. The Bertz CT molecular complexity index is 2320. The number of phenols is 2. The smallest absolute Gasteiger partial charge is 0.488 e. The highest BCUT2D eigenvalue weighted by Gasteiger charge is 2.15. The molecule has 0 bridgehead atoms. The van der Waals surface area contributed by atoms with Crippen molar-refractivity contribution >= 4 is 50.1 Å². The highest BCUT2D eigenvalue weighted by atomic mass is 79.9. The van der Waals surface area contributed by atoms with Gasteiger partial charge in [0.05, 0.1) is 0 Å². The summed E-state index contributed by atoms with van der Waals surface area (Å²) in [4.78, 5) is 0. The molecule has 0 spiro atoms. The van der Waals surface area contributed by atoms with Crippen molar-refractivity contribution in [2.24, 2.45) is 0 Å². The molecule has 0 atom stereocenters. The minimum Gasteiger partial charge on any atom is -0.507 e. The molecule has 244 valence electrons. The summed E-state index contributed by atoms with van der Waals surface area (Å²) in [5, 5.41) is 41.6. The molecule has 0 saturated carbocycles. The third kappa shape index (κ3) is 7.80. The van der Waals surface area contributed by atoms with Crippen LogP contribution in [-0.2, 0) is 0 Å². The van der Waals surface area contributed by atoms with Crippen LogP contribution in [0, 0.1) is 0 Å². The summed E-state index contributed by atoms with van der Waals surface area (Å²) < 4.78 is 1.02. The minimum atomic E-state index is -1.34. The van der Waals surface area contributed by atoms with Crippen molar-refractivity contribution in [3.05, 3.63) is 186 Å². The number of hydrogen-bond donors (Lipinski definition) is 4. The van der Waals surface area contributed by atoms with Crippen molar-refractivity contribution in [2.75, 3.05) is 0 Å². The average molecular weight is 717 g/mol. The van der Waals surface area contributed by atoms with Crippen molar-refractivity contribution in [1.29, 1.82) is 0 Å². The summed E-state index contributed by atoms with van der Waals surface area (Å²) in [5.74, 6) is 0.631. The van der Waals surface area contributed by atoms with Crippen LogP contribution >= 0.6 is 15.9 Å². The zero-order valence-corrected chi connectivity index (χ0v) is 28.7. The van der Waals surface area contributed by atoms with Crippen LogP contribution in [0.4, 0.5) is 0 Å². The van der Waals surface area contributed by atoms with E-state index in [4.69, 9.17) is 10.0 Å². The monoisotopic (exact) mass is 716 g/mol. The van der Waals surface area contributed by atoms with Crippen LogP contribution in [0.25, 0.3) is 54.9 Å². The fourth-order valence-electron chi connectivity index (χ4n) is 5.89. The van der Waals surface area contributed by atoms with Crippen molar-refractivity contribution in [3.8, 4) is 44.9 Å². The largest absolute Gasteiger partial charge is 0.507 e. The highest BCUT2D eigenvalue weighted by molar-refractivity contribution is 9.10. The first kappa shape index (κ1) is 34.2. The fraction of sp³-hybridized carbons (Fsp3) is 0. The molecule has 0 aliphatic heterocycles. The predicted molar refractivity (Wildman–Crippen MR) is 212 cm³/mol. The van der Waals surface area contributed by atoms with E-state index in [9.17, 15) is 10.2 Å². The number of rotatable bonds is 4. The maximum absolute atomic E-state index is 10.5. The van der Waals surface area contributed by atoms with Crippen LogP contribution in [0.15, 0.2) is 186 Å². The zero-order valence-electron chi connectivity index (χ0n) is 27.1. The van der Waals surface area contributed by atoms with Gasteiger partial charge in [-0.25, -0.2) is 0 Å². The van der Waals surface area contributed by atoms with Gasteiger partial charge in [-0.15, -0.1) is 0 Å². The van der Waals surface area contributed by atoms with E-state index < -0.39 is 7.12 Å². The van der Waals surface area contributed by atoms with Crippen molar-refractivity contribution in [1.82, 2.24) is 0 Å². The molecule has 8 rings (SSSR count). The van der Waals surface area contributed by atoms with Gasteiger partial charge in [0.25, 0.3) is 0 Å². The second-order valence-electron chi connectivity index (χ2n) is 11.5. The van der Waals surface area contributed by atoms with Crippen LogP contribution in [-0.4, -0.2) is 27.4 Å². The Hall–Kier alpha value is -5.66. The number of aromatic hydroxyl groups is 2. The third-order valence-electron chi connectivity index (χ3n) is 8.31. The van der Waals surface area contributed by atoms with Crippen LogP contribution < -0.4 is 5.46 Å². The minimum absolute atomic E-state index is 0.313. The van der Waals surface area contributed by atoms with E-state index in [1.807, 2.05) is 127 Å². The Kier molecular flexibility index (Phi) is 11.1. The zero-order chi connectivity index (χ0) is 34.9. The van der Waals surface area contributed by atoms with Gasteiger partial charge >= 0.3 is 7.12 Å². The topological polar surface area (TPSA) is 80.9 Å². The normalized spacial score (nSPS) is 10.5. The van der Waals surface area contributed by atoms with Gasteiger partial charge in [-0.3, -0.25) is 0 Å². The van der Waals surface area contributed by atoms with Crippen LogP contribution in [0.5, 0.6) is 11.5 Å². The summed E-state index contributed by atoms with van der Waals surface area (Å²) >= 11 is 3.64. The average Bonchev–Trinajstić information content (AvgIpc) is 3.18. The van der Waals surface area contributed by atoms with E-state index in [1.54, 1.807) is 24.3 Å². The summed E-state index contributed by atoms with van der Waals surface area (Å²) in [7, 11) is -1.34. The summed E-state index contributed by atoms with van der Waals surface area (Å²) in [6.45, 7) is 0. The van der Waals surface area contributed by atoms with E-state index in [1.165, 1.54) is 0 Å². The van der Waals surface area contributed by atoms with Gasteiger partial charge in [0.2, 0.25) is 0 Å². The third-order valence-corrected chi connectivity index (χ3v) is 9.16. The van der Waals surface area contributed by atoms with Gasteiger partial charge < -0.3 is 20.3 Å². The van der Waals surface area contributed by atoms with E-state index in [2.05, 4.69) is 46.3 Å². The number of benzene rings is 8. The van der Waals surface area contributed by atoms with E-state index in [0.717, 1.165) is 59.4 Å². The Balaban J connectivity index is 0.000000142. The van der Waals surface area contributed by atoms with Gasteiger partial charge in [0.1, 0.15) is 11.5 Å². The molecular weight excluding hydrogens is 683 g/mol. The summed E-state index contributed by atoms with van der Waals surface area (Å²) in [6, 6.07) is 58.8. The standard InChI is InChI=1S/C22H16O.C16H11BrO.C6H7BO2/c23-21-15-20(16-9-3-1-4-10-16)22(17-11-5-2-6-12-17)19-14-8-7-13-18(19)21;17-16-13-9-5-4-8-12(13)15(18)10-14(16)11-6-2-1-3-7-11;8-7(9)6-4-2-1-3-5-6/h1-15,23H;1-10,18H;1-5,8-9H. The highest BCUT2D eigenvalue weighted by Crippen LogP contribution is 2.42. The van der Waals surface area contributed by atoms with E-state index >= 15 is 0 Å². The van der Waals surface area contributed by atoms with Gasteiger partial charge in [-0.2, -0.15) is 0 Å². The molecule has 0 amide bonds. The lowest BCUT2D eigenvalue weighted by Crippen LogP contribution is -2.29. The van der Waals surface area contributed by atoms with E-state index in [0.29, 0.717) is 17.0 Å². The van der Waals surface area contributed by atoms with Crippen LogP contribution in [0.3, 0.4) is 0 Å². The molecule has 0 unspecified atom stereocenters. The first-order valence-electron chi connectivity index (χ1n) is 16.1.